The Labute approximate surface area is 131 Å². The lowest BCUT2D eigenvalue weighted by molar-refractivity contribution is 0.0594. The Balaban J connectivity index is 1.72. The molecule has 22 heavy (non-hydrogen) atoms. The first kappa shape index (κ1) is 14.0. The predicted molar refractivity (Wildman–Crippen MR) is 89.8 cm³/mol. The molecule has 4 rings (SSSR count). The summed E-state index contributed by atoms with van der Waals surface area (Å²) in [4.78, 5) is 6.29. The highest BCUT2D eigenvalue weighted by molar-refractivity contribution is 5.85. The molecule has 0 bridgehead atoms. The number of benzene rings is 1. The van der Waals surface area contributed by atoms with Gasteiger partial charge in [0, 0.05) is 36.3 Å². The Hall–Kier alpha value is -1.58. The standard InChI is InChI=1S/C19H24N2O/c1-2-13-12-21-9-7-16-15-5-3-4-6-17(15)20-19(16)18(21)11-14(13)8-10-22/h2-6,13-14,18,20,22H,1,7-12H2. The summed E-state index contributed by atoms with van der Waals surface area (Å²) in [5.74, 6) is 1.05. The van der Waals surface area contributed by atoms with E-state index in [-0.39, 0.29) is 6.61 Å². The van der Waals surface area contributed by atoms with Crippen molar-refractivity contribution in [2.24, 2.45) is 11.8 Å². The van der Waals surface area contributed by atoms with Crippen LogP contribution in [0.2, 0.25) is 0 Å². The zero-order valence-electron chi connectivity index (χ0n) is 13.0. The smallest absolute Gasteiger partial charge is 0.0504 e. The number of aliphatic hydroxyl groups excluding tert-OH is 1. The molecule has 2 aliphatic rings. The van der Waals surface area contributed by atoms with Crippen LogP contribution in [-0.2, 0) is 6.42 Å². The molecular weight excluding hydrogens is 272 g/mol. The molecule has 1 aromatic carbocycles. The average Bonchev–Trinajstić information content (AvgIpc) is 2.93. The Morgan fingerprint density at radius 3 is 3.05 bits per heavy atom. The summed E-state index contributed by atoms with van der Waals surface area (Å²) in [6.07, 6.45) is 5.23. The first-order chi connectivity index (χ1) is 10.8. The van der Waals surface area contributed by atoms with Crippen molar-refractivity contribution in [3.63, 3.8) is 0 Å². The highest BCUT2D eigenvalue weighted by Gasteiger charge is 2.38. The Kier molecular flexibility index (Phi) is 3.55. The highest BCUT2D eigenvalue weighted by atomic mass is 16.3. The van der Waals surface area contributed by atoms with Gasteiger partial charge in [-0.25, -0.2) is 0 Å². The van der Waals surface area contributed by atoms with Gasteiger partial charge in [-0.15, -0.1) is 6.58 Å². The lowest BCUT2D eigenvalue weighted by atomic mass is 9.77. The van der Waals surface area contributed by atoms with Gasteiger partial charge in [0.05, 0.1) is 6.04 Å². The summed E-state index contributed by atoms with van der Waals surface area (Å²) in [5, 5.41) is 10.8. The number of hydrogen-bond donors (Lipinski definition) is 2. The molecule has 2 aliphatic heterocycles. The summed E-state index contributed by atoms with van der Waals surface area (Å²) < 4.78 is 0. The highest BCUT2D eigenvalue weighted by Crippen LogP contribution is 2.43. The van der Waals surface area contributed by atoms with Crippen LogP contribution < -0.4 is 0 Å². The maximum absolute atomic E-state index is 9.38. The van der Waals surface area contributed by atoms with Crippen molar-refractivity contribution in [3.05, 3.63) is 48.2 Å². The third-order valence-corrected chi connectivity index (χ3v) is 5.65. The van der Waals surface area contributed by atoms with Gasteiger partial charge in [-0.3, -0.25) is 4.90 Å². The predicted octanol–water partition coefficient (Wildman–Crippen LogP) is 3.27. The van der Waals surface area contributed by atoms with Crippen LogP contribution in [0.25, 0.3) is 10.9 Å². The minimum absolute atomic E-state index is 0.279. The number of H-pyrrole nitrogens is 1. The number of rotatable bonds is 3. The SMILES string of the molecule is C=CC1CN2CCc3c([nH]c4ccccc34)C2CC1CCO. The van der Waals surface area contributed by atoms with Gasteiger partial charge < -0.3 is 10.1 Å². The van der Waals surface area contributed by atoms with Gasteiger partial charge in [-0.2, -0.15) is 0 Å². The maximum atomic E-state index is 9.38. The quantitative estimate of drug-likeness (QED) is 0.853. The second kappa shape index (κ2) is 5.56. The molecule has 2 aromatic rings. The van der Waals surface area contributed by atoms with E-state index >= 15 is 0 Å². The van der Waals surface area contributed by atoms with Crippen molar-refractivity contribution >= 4 is 10.9 Å². The molecule has 1 saturated heterocycles. The van der Waals surface area contributed by atoms with E-state index in [1.54, 1.807) is 0 Å². The van der Waals surface area contributed by atoms with E-state index in [9.17, 15) is 5.11 Å². The first-order valence-corrected chi connectivity index (χ1v) is 8.38. The molecule has 3 nitrogen and oxygen atoms in total. The van der Waals surface area contributed by atoms with E-state index in [0.29, 0.717) is 17.9 Å². The number of nitrogens with one attached hydrogen (secondary N) is 1. The van der Waals surface area contributed by atoms with Crippen LogP contribution in [0.4, 0.5) is 0 Å². The van der Waals surface area contributed by atoms with Crippen LogP contribution in [-0.4, -0.2) is 34.7 Å². The van der Waals surface area contributed by atoms with Gasteiger partial charge in [-0.1, -0.05) is 24.3 Å². The molecule has 1 aromatic heterocycles. The van der Waals surface area contributed by atoms with Gasteiger partial charge in [0.1, 0.15) is 0 Å². The van der Waals surface area contributed by atoms with Crippen LogP contribution in [0.3, 0.4) is 0 Å². The normalized spacial score (nSPS) is 28.3. The number of aromatic amines is 1. The maximum Gasteiger partial charge on any atom is 0.0504 e. The Bertz CT molecular complexity index is 690. The van der Waals surface area contributed by atoms with Crippen molar-refractivity contribution in [1.82, 2.24) is 9.88 Å². The minimum Gasteiger partial charge on any atom is -0.396 e. The number of piperidine rings is 1. The molecule has 3 atom stereocenters. The molecule has 116 valence electrons. The summed E-state index contributed by atoms with van der Waals surface area (Å²) >= 11 is 0. The molecule has 3 heterocycles. The fourth-order valence-corrected chi connectivity index (χ4v) is 4.50. The van der Waals surface area contributed by atoms with Crippen LogP contribution in [0, 0.1) is 11.8 Å². The number of para-hydroxylation sites is 1. The number of aliphatic hydroxyl groups is 1. The van der Waals surface area contributed by atoms with Gasteiger partial charge in [0.2, 0.25) is 0 Å². The lowest BCUT2D eigenvalue weighted by Gasteiger charge is -2.45. The minimum atomic E-state index is 0.279. The van der Waals surface area contributed by atoms with Gasteiger partial charge >= 0.3 is 0 Å². The summed E-state index contributed by atoms with van der Waals surface area (Å²) in [5.41, 5.74) is 4.19. The Morgan fingerprint density at radius 1 is 1.36 bits per heavy atom. The van der Waals surface area contributed by atoms with Crippen molar-refractivity contribution < 1.29 is 5.11 Å². The van der Waals surface area contributed by atoms with Crippen molar-refractivity contribution in [1.29, 1.82) is 0 Å². The molecule has 0 radical (unpaired) electrons. The lowest BCUT2D eigenvalue weighted by Crippen LogP contribution is -2.45. The fourth-order valence-electron chi connectivity index (χ4n) is 4.50. The van der Waals surface area contributed by atoms with E-state index in [1.165, 1.54) is 22.2 Å². The topological polar surface area (TPSA) is 39.3 Å². The molecule has 2 N–H and O–H groups in total. The van der Waals surface area contributed by atoms with E-state index in [2.05, 4.69) is 46.8 Å². The summed E-state index contributed by atoms with van der Waals surface area (Å²) in [7, 11) is 0. The second-order valence-electron chi connectivity index (χ2n) is 6.73. The number of nitrogens with zero attached hydrogens (tertiary/aromatic N) is 1. The zero-order valence-corrected chi connectivity index (χ0v) is 13.0. The Morgan fingerprint density at radius 2 is 2.23 bits per heavy atom. The third-order valence-electron chi connectivity index (χ3n) is 5.65. The van der Waals surface area contributed by atoms with E-state index in [4.69, 9.17) is 0 Å². The van der Waals surface area contributed by atoms with Gasteiger partial charge in [0.15, 0.2) is 0 Å². The van der Waals surface area contributed by atoms with Crippen LogP contribution in [0.15, 0.2) is 36.9 Å². The monoisotopic (exact) mass is 296 g/mol. The van der Waals surface area contributed by atoms with E-state index in [1.807, 2.05) is 0 Å². The number of aromatic nitrogens is 1. The summed E-state index contributed by atoms with van der Waals surface area (Å²) in [6, 6.07) is 9.13. The van der Waals surface area contributed by atoms with Crippen molar-refractivity contribution in [3.8, 4) is 0 Å². The van der Waals surface area contributed by atoms with Crippen LogP contribution >= 0.6 is 0 Å². The van der Waals surface area contributed by atoms with Crippen LogP contribution in [0.1, 0.15) is 30.1 Å². The molecule has 0 aliphatic carbocycles. The fraction of sp³-hybridized carbons (Fsp3) is 0.474. The van der Waals surface area contributed by atoms with Crippen LogP contribution in [0.5, 0.6) is 0 Å². The average molecular weight is 296 g/mol. The van der Waals surface area contributed by atoms with Crippen molar-refractivity contribution in [2.75, 3.05) is 19.7 Å². The molecule has 0 spiro atoms. The molecule has 0 amide bonds. The third kappa shape index (κ3) is 2.11. The molecule has 0 saturated carbocycles. The molecule has 3 heteroatoms. The van der Waals surface area contributed by atoms with E-state index < -0.39 is 0 Å². The summed E-state index contributed by atoms with van der Waals surface area (Å²) in [6.45, 7) is 6.51. The molecule has 3 unspecified atom stereocenters. The first-order valence-electron chi connectivity index (χ1n) is 8.38. The van der Waals surface area contributed by atoms with E-state index in [0.717, 1.165) is 32.4 Å². The molecule has 1 fully saturated rings. The second-order valence-corrected chi connectivity index (χ2v) is 6.73. The van der Waals surface area contributed by atoms with Crippen molar-refractivity contribution in [2.45, 2.75) is 25.3 Å². The van der Waals surface area contributed by atoms with Gasteiger partial charge in [0.25, 0.3) is 0 Å². The molecular formula is C19H24N2O. The largest absolute Gasteiger partial charge is 0.396 e. The number of hydrogen-bond acceptors (Lipinski definition) is 2. The van der Waals surface area contributed by atoms with Gasteiger partial charge in [-0.05, 0) is 42.7 Å². The number of fused-ring (bicyclic) bond motifs is 5. The zero-order chi connectivity index (χ0) is 15.1.